The Morgan fingerprint density at radius 3 is 2.68 bits per heavy atom. The number of aliphatic hydroxyl groups excluding tert-OH is 2. The molecule has 0 aliphatic carbocycles. The van der Waals surface area contributed by atoms with Crippen LogP contribution in [0, 0.1) is 6.92 Å². The van der Waals surface area contributed by atoms with Crippen LogP contribution in [0.25, 0.3) is 22.3 Å². The lowest BCUT2D eigenvalue weighted by atomic mass is 10.1. The van der Waals surface area contributed by atoms with Crippen molar-refractivity contribution in [3.63, 3.8) is 0 Å². The van der Waals surface area contributed by atoms with Gasteiger partial charge in [-0.15, -0.1) is 0 Å². The van der Waals surface area contributed by atoms with Crippen LogP contribution in [0.2, 0.25) is 5.02 Å². The number of nitrogens with zero attached hydrogens (tertiary/aromatic N) is 1. The van der Waals surface area contributed by atoms with Gasteiger partial charge in [-0.1, -0.05) is 33.6 Å². The fourth-order valence-electron chi connectivity index (χ4n) is 3.45. The molecule has 9 heteroatoms. The summed E-state index contributed by atoms with van der Waals surface area (Å²) in [6.07, 6.45) is -1.94. The predicted octanol–water partition coefficient (Wildman–Crippen LogP) is 3.13. The maximum absolute atomic E-state index is 12.6. The average Bonchev–Trinajstić information content (AvgIpc) is 3.07. The Hall–Kier alpha value is -2.39. The Balaban J connectivity index is 1.69. The van der Waals surface area contributed by atoms with Crippen LogP contribution in [-0.4, -0.2) is 52.9 Å². The van der Waals surface area contributed by atoms with Gasteiger partial charge in [0.05, 0.1) is 28.2 Å². The van der Waals surface area contributed by atoms with Gasteiger partial charge in [-0.2, -0.15) is 0 Å². The highest BCUT2D eigenvalue weighted by Crippen LogP contribution is 2.36. The van der Waals surface area contributed by atoms with Gasteiger partial charge >= 0.3 is 0 Å². The van der Waals surface area contributed by atoms with E-state index < -0.39 is 12.2 Å². The minimum absolute atomic E-state index is 0.0475. The topological polar surface area (TPSA) is 100 Å². The van der Waals surface area contributed by atoms with E-state index in [4.69, 9.17) is 20.8 Å². The van der Waals surface area contributed by atoms with Crippen molar-refractivity contribution in [3.8, 4) is 17.1 Å². The Morgan fingerprint density at radius 2 is 1.97 bits per heavy atom. The summed E-state index contributed by atoms with van der Waals surface area (Å²) in [7, 11) is 0. The number of amides is 1. The van der Waals surface area contributed by atoms with E-state index in [9.17, 15) is 19.8 Å². The highest BCUT2D eigenvalue weighted by molar-refractivity contribution is 9.10. The lowest BCUT2D eigenvalue weighted by molar-refractivity contribution is -0.132. The molecule has 0 radical (unpaired) electrons. The molecule has 0 spiro atoms. The predicted molar refractivity (Wildman–Crippen MR) is 119 cm³/mol. The highest BCUT2D eigenvalue weighted by Gasteiger charge is 2.32. The van der Waals surface area contributed by atoms with Crippen LogP contribution in [0.15, 0.2) is 50.1 Å². The molecule has 0 unspecified atom stereocenters. The molecule has 4 rings (SSSR count). The van der Waals surface area contributed by atoms with E-state index in [1.165, 1.54) is 11.0 Å². The molecule has 7 nitrogen and oxygen atoms in total. The van der Waals surface area contributed by atoms with Gasteiger partial charge in [0.15, 0.2) is 17.6 Å². The average molecular weight is 509 g/mol. The van der Waals surface area contributed by atoms with Gasteiger partial charge in [-0.3, -0.25) is 9.59 Å². The molecule has 162 valence electrons. The number of aryl methyl sites for hydroxylation is 1. The first-order valence-electron chi connectivity index (χ1n) is 9.54. The normalized spacial score (nSPS) is 18.5. The Labute approximate surface area is 190 Å². The minimum atomic E-state index is -0.968. The van der Waals surface area contributed by atoms with Crippen LogP contribution in [0.5, 0.6) is 5.75 Å². The second kappa shape index (κ2) is 8.63. The molecule has 1 saturated heterocycles. The van der Waals surface area contributed by atoms with Gasteiger partial charge in [0, 0.05) is 23.6 Å². The molecule has 2 N–H and O–H groups in total. The van der Waals surface area contributed by atoms with Crippen molar-refractivity contribution in [1.29, 1.82) is 0 Å². The van der Waals surface area contributed by atoms with Gasteiger partial charge in [0.2, 0.25) is 0 Å². The quantitative estimate of drug-likeness (QED) is 0.562. The lowest BCUT2D eigenvalue weighted by Gasteiger charge is -2.17. The summed E-state index contributed by atoms with van der Waals surface area (Å²) in [5.74, 6) is 0.220. The van der Waals surface area contributed by atoms with Gasteiger partial charge in [-0.05, 0) is 36.8 Å². The largest absolute Gasteiger partial charge is 0.483 e. The number of β-amino-alcohol motifs (C(OH)–C–C–N with tert-alkyl or cyclic N) is 2. The first-order valence-corrected chi connectivity index (χ1v) is 10.7. The van der Waals surface area contributed by atoms with Crippen LogP contribution in [0.4, 0.5) is 0 Å². The van der Waals surface area contributed by atoms with E-state index >= 15 is 0 Å². The second-order valence-corrected chi connectivity index (χ2v) is 8.67. The van der Waals surface area contributed by atoms with Crippen molar-refractivity contribution < 1.29 is 24.2 Å². The number of likely N-dealkylation sites (tertiary alicyclic amines) is 1. The molecule has 1 fully saturated rings. The van der Waals surface area contributed by atoms with Crippen LogP contribution >= 0.6 is 27.5 Å². The molecule has 1 aromatic heterocycles. The number of ether oxygens (including phenoxy) is 1. The number of fused-ring (bicyclic) bond motifs is 1. The molecule has 1 aliphatic heterocycles. The van der Waals surface area contributed by atoms with Crippen LogP contribution in [0.3, 0.4) is 0 Å². The first-order chi connectivity index (χ1) is 14.7. The summed E-state index contributed by atoms with van der Waals surface area (Å²) in [5.41, 5.74) is 1.39. The molecular formula is C22H19BrClNO6. The fraction of sp³-hybridized carbons (Fsp3) is 0.273. The molecule has 0 saturated carbocycles. The second-order valence-electron chi connectivity index (χ2n) is 7.41. The van der Waals surface area contributed by atoms with Crippen LogP contribution < -0.4 is 10.2 Å². The third kappa shape index (κ3) is 4.34. The molecular weight excluding hydrogens is 490 g/mol. The van der Waals surface area contributed by atoms with Gasteiger partial charge in [-0.25, -0.2) is 0 Å². The molecule has 1 amide bonds. The zero-order valence-corrected chi connectivity index (χ0v) is 18.8. The third-order valence-electron chi connectivity index (χ3n) is 5.20. The van der Waals surface area contributed by atoms with Crippen LogP contribution in [0.1, 0.15) is 5.56 Å². The number of rotatable bonds is 4. The van der Waals surface area contributed by atoms with E-state index in [2.05, 4.69) is 15.9 Å². The first kappa shape index (κ1) is 21.8. The van der Waals surface area contributed by atoms with E-state index in [-0.39, 0.29) is 42.4 Å². The van der Waals surface area contributed by atoms with E-state index in [1.807, 2.05) is 6.92 Å². The monoisotopic (exact) mass is 507 g/mol. The fourth-order valence-corrected chi connectivity index (χ4v) is 3.99. The van der Waals surface area contributed by atoms with Crippen LogP contribution in [-0.2, 0) is 4.79 Å². The number of carbonyl (C=O) groups excluding carboxylic acids is 1. The maximum atomic E-state index is 12.6. The Bertz CT molecular complexity index is 1220. The smallest absolute Gasteiger partial charge is 0.260 e. The molecule has 31 heavy (non-hydrogen) atoms. The van der Waals surface area contributed by atoms with E-state index in [1.54, 1.807) is 30.3 Å². The summed E-state index contributed by atoms with van der Waals surface area (Å²) in [4.78, 5) is 26.4. The SMILES string of the molecule is Cc1cc(-c2cc(=O)c3cccc(Cl)c3o2)c(OCC(=O)N2C[C@@H](O)[C@@H](O)C2)cc1Br. The lowest BCUT2D eigenvalue weighted by Crippen LogP contribution is -2.34. The highest BCUT2D eigenvalue weighted by atomic mass is 79.9. The number of halogens is 2. The van der Waals surface area contributed by atoms with Crippen molar-refractivity contribution >= 4 is 44.4 Å². The van der Waals surface area contributed by atoms with Crippen molar-refractivity contribution in [2.45, 2.75) is 19.1 Å². The number of hydrogen-bond donors (Lipinski definition) is 2. The van der Waals surface area contributed by atoms with Crippen molar-refractivity contribution in [2.75, 3.05) is 19.7 Å². The standard InChI is InChI=1S/C22H19BrClNO6/c1-11-5-13(20-7-16(26)12-3-2-4-15(24)22(12)31-20)19(6-14(11)23)30-10-21(29)25-8-17(27)18(28)9-25/h2-7,17-18,27-28H,8-10H2,1H3/t17-,18+. The van der Waals surface area contributed by atoms with Gasteiger partial charge in [0.1, 0.15) is 11.5 Å². The molecule has 2 heterocycles. The molecule has 1 aliphatic rings. The number of aliphatic hydroxyl groups is 2. The number of para-hydroxylation sites is 1. The summed E-state index contributed by atoms with van der Waals surface area (Å²) < 4.78 is 12.5. The van der Waals surface area contributed by atoms with Gasteiger partial charge < -0.3 is 24.3 Å². The molecule has 2 atom stereocenters. The minimum Gasteiger partial charge on any atom is -0.483 e. The van der Waals surface area contributed by atoms with Crippen molar-refractivity contribution in [1.82, 2.24) is 4.90 Å². The van der Waals surface area contributed by atoms with Crippen molar-refractivity contribution in [3.05, 3.63) is 61.7 Å². The maximum Gasteiger partial charge on any atom is 0.260 e. The molecule has 0 bridgehead atoms. The molecule has 2 aromatic carbocycles. The molecule has 3 aromatic rings. The summed E-state index contributed by atoms with van der Waals surface area (Å²) >= 11 is 9.67. The van der Waals surface area contributed by atoms with Gasteiger partial charge in [0.25, 0.3) is 5.91 Å². The Morgan fingerprint density at radius 1 is 1.26 bits per heavy atom. The zero-order chi connectivity index (χ0) is 22.3. The number of benzene rings is 2. The number of hydrogen-bond acceptors (Lipinski definition) is 6. The third-order valence-corrected chi connectivity index (χ3v) is 6.35. The number of carbonyl (C=O) groups is 1. The van der Waals surface area contributed by atoms with E-state index in [0.29, 0.717) is 21.7 Å². The van der Waals surface area contributed by atoms with Crippen molar-refractivity contribution in [2.24, 2.45) is 0 Å². The van der Waals surface area contributed by atoms with E-state index in [0.717, 1.165) is 10.0 Å². The Kier molecular flexibility index (Phi) is 6.07. The summed E-state index contributed by atoms with van der Waals surface area (Å²) in [6, 6.07) is 9.80. The summed E-state index contributed by atoms with van der Waals surface area (Å²) in [6.45, 7) is 1.67. The zero-order valence-electron chi connectivity index (χ0n) is 16.5. The summed E-state index contributed by atoms with van der Waals surface area (Å²) in [5, 5.41) is 20.0.